The van der Waals surface area contributed by atoms with E-state index >= 15 is 0 Å². The summed E-state index contributed by atoms with van der Waals surface area (Å²) in [6, 6.07) is 1.90. The quantitative estimate of drug-likeness (QED) is 0.800. The van der Waals surface area contributed by atoms with Crippen molar-refractivity contribution in [1.82, 2.24) is 10.6 Å². The summed E-state index contributed by atoms with van der Waals surface area (Å²) in [5, 5.41) is 15.9. The minimum absolute atomic E-state index is 0.0156. The first kappa shape index (κ1) is 15.3. The molecule has 1 aromatic heterocycles. The Hall–Kier alpha value is -1.07. The number of urea groups is 1. The van der Waals surface area contributed by atoms with Gasteiger partial charge in [-0.05, 0) is 45.2 Å². The van der Waals surface area contributed by atoms with E-state index in [1.165, 1.54) is 15.3 Å². The van der Waals surface area contributed by atoms with Gasteiger partial charge in [0.05, 0.1) is 11.6 Å². The van der Waals surface area contributed by atoms with E-state index in [1.807, 2.05) is 6.92 Å². The number of aryl methyl sites for hydroxylation is 2. The Balaban J connectivity index is 1.83. The Morgan fingerprint density at radius 2 is 2.10 bits per heavy atom. The van der Waals surface area contributed by atoms with E-state index in [1.54, 1.807) is 11.3 Å². The zero-order valence-electron chi connectivity index (χ0n) is 12.5. The lowest BCUT2D eigenvalue weighted by Crippen LogP contribution is -2.45. The zero-order chi connectivity index (χ0) is 14.8. The number of rotatable bonds is 4. The Morgan fingerprint density at radius 3 is 2.65 bits per heavy atom. The highest BCUT2D eigenvalue weighted by molar-refractivity contribution is 7.12. The smallest absolute Gasteiger partial charge is 0.315 e. The van der Waals surface area contributed by atoms with E-state index in [9.17, 15) is 9.90 Å². The number of nitrogens with one attached hydrogen (secondary N) is 2. The largest absolute Gasteiger partial charge is 0.388 e. The Kier molecular flexibility index (Phi) is 4.70. The second-order valence-electron chi connectivity index (χ2n) is 5.85. The van der Waals surface area contributed by atoms with Crippen molar-refractivity contribution in [2.24, 2.45) is 0 Å². The van der Waals surface area contributed by atoms with Gasteiger partial charge >= 0.3 is 6.03 Å². The molecular weight excluding hydrogens is 272 g/mol. The number of aliphatic hydroxyl groups is 1. The molecule has 2 amide bonds. The highest BCUT2D eigenvalue weighted by Gasteiger charge is 2.31. The third kappa shape index (κ3) is 3.73. The molecule has 4 nitrogen and oxygen atoms in total. The second kappa shape index (κ2) is 6.14. The van der Waals surface area contributed by atoms with Crippen molar-refractivity contribution in [3.05, 3.63) is 21.4 Å². The van der Waals surface area contributed by atoms with Gasteiger partial charge in [-0.15, -0.1) is 11.3 Å². The number of hydrogen-bond donors (Lipinski definition) is 3. The van der Waals surface area contributed by atoms with E-state index in [-0.39, 0.29) is 12.1 Å². The molecule has 2 rings (SSSR count). The molecule has 1 saturated carbocycles. The van der Waals surface area contributed by atoms with Gasteiger partial charge in [0.1, 0.15) is 0 Å². The van der Waals surface area contributed by atoms with Gasteiger partial charge in [-0.25, -0.2) is 4.79 Å². The number of hydrogen-bond acceptors (Lipinski definition) is 3. The minimum atomic E-state index is -0.699. The second-order valence-corrected chi connectivity index (χ2v) is 7.31. The molecule has 1 aliphatic rings. The predicted octanol–water partition coefficient (Wildman–Crippen LogP) is 3.03. The molecule has 0 radical (unpaired) electrons. The minimum Gasteiger partial charge on any atom is -0.388 e. The lowest BCUT2D eigenvalue weighted by molar-refractivity contribution is 0.0500. The monoisotopic (exact) mass is 296 g/mol. The first-order valence-electron chi connectivity index (χ1n) is 7.23. The lowest BCUT2D eigenvalue weighted by atomic mass is 10.0. The SMILES string of the molecule is Cc1cc(C(C)NC(=O)NCC2(O)CCCC2)c(C)s1. The van der Waals surface area contributed by atoms with Crippen LogP contribution in [0, 0.1) is 13.8 Å². The van der Waals surface area contributed by atoms with Crippen LogP contribution in [0.1, 0.15) is 54.0 Å². The van der Waals surface area contributed by atoms with Crippen LogP contribution in [0.5, 0.6) is 0 Å². The first-order chi connectivity index (χ1) is 9.39. The van der Waals surface area contributed by atoms with Gasteiger partial charge in [0, 0.05) is 16.3 Å². The van der Waals surface area contributed by atoms with Gasteiger partial charge in [-0.2, -0.15) is 0 Å². The van der Waals surface area contributed by atoms with Crippen molar-refractivity contribution in [3.63, 3.8) is 0 Å². The molecule has 0 spiro atoms. The topological polar surface area (TPSA) is 61.4 Å². The average Bonchev–Trinajstić information content (AvgIpc) is 2.94. The molecule has 0 aromatic carbocycles. The van der Waals surface area contributed by atoms with Gasteiger partial charge in [0.15, 0.2) is 0 Å². The van der Waals surface area contributed by atoms with Gasteiger partial charge in [-0.1, -0.05) is 12.8 Å². The van der Waals surface area contributed by atoms with Crippen molar-refractivity contribution in [3.8, 4) is 0 Å². The fraction of sp³-hybridized carbons (Fsp3) is 0.667. The normalized spacial score (nSPS) is 18.8. The summed E-state index contributed by atoms with van der Waals surface area (Å²) in [5.74, 6) is 0. The van der Waals surface area contributed by atoms with Crippen molar-refractivity contribution in [2.75, 3.05) is 6.54 Å². The molecule has 1 fully saturated rings. The van der Waals surface area contributed by atoms with Crippen LogP contribution in [-0.4, -0.2) is 23.3 Å². The Bertz CT molecular complexity index is 478. The van der Waals surface area contributed by atoms with Crippen LogP contribution in [0.4, 0.5) is 4.79 Å². The molecule has 1 unspecified atom stereocenters. The molecule has 1 heterocycles. The summed E-state index contributed by atoms with van der Waals surface area (Å²) in [5.41, 5.74) is 0.470. The molecule has 1 aliphatic carbocycles. The third-order valence-corrected chi connectivity index (χ3v) is 4.99. The fourth-order valence-corrected chi connectivity index (χ4v) is 3.88. The maximum atomic E-state index is 11.9. The molecule has 0 aliphatic heterocycles. The van der Waals surface area contributed by atoms with Crippen molar-refractivity contribution in [1.29, 1.82) is 0 Å². The summed E-state index contributed by atoms with van der Waals surface area (Å²) < 4.78 is 0. The molecule has 3 N–H and O–H groups in total. The lowest BCUT2D eigenvalue weighted by Gasteiger charge is -2.23. The summed E-state index contributed by atoms with van der Waals surface area (Å²) in [6.45, 7) is 6.47. The van der Waals surface area contributed by atoms with E-state index in [2.05, 4.69) is 30.5 Å². The van der Waals surface area contributed by atoms with Crippen LogP contribution in [0.15, 0.2) is 6.07 Å². The molecule has 1 aromatic rings. The van der Waals surface area contributed by atoms with Gasteiger partial charge in [0.2, 0.25) is 0 Å². The Labute approximate surface area is 124 Å². The summed E-state index contributed by atoms with van der Waals surface area (Å²) >= 11 is 1.75. The van der Waals surface area contributed by atoms with Crippen molar-refractivity contribution >= 4 is 17.4 Å². The van der Waals surface area contributed by atoms with Crippen LogP contribution in [0.3, 0.4) is 0 Å². The predicted molar refractivity (Wildman–Crippen MR) is 82.2 cm³/mol. The molecule has 20 heavy (non-hydrogen) atoms. The maximum Gasteiger partial charge on any atom is 0.315 e. The van der Waals surface area contributed by atoms with Crippen LogP contribution < -0.4 is 10.6 Å². The van der Waals surface area contributed by atoms with Crippen LogP contribution in [-0.2, 0) is 0 Å². The van der Waals surface area contributed by atoms with Crippen LogP contribution in [0.2, 0.25) is 0 Å². The number of carbonyl (C=O) groups excluding carboxylic acids is 1. The molecule has 0 saturated heterocycles. The maximum absolute atomic E-state index is 11.9. The molecular formula is C15H24N2O2S. The van der Waals surface area contributed by atoms with Gasteiger partial charge in [-0.3, -0.25) is 0 Å². The summed E-state index contributed by atoms with van der Waals surface area (Å²) in [4.78, 5) is 14.4. The van der Waals surface area contributed by atoms with E-state index in [4.69, 9.17) is 0 Å². The zero-order valence-corrected chi connectivity index (χ0v) is 13.3. The molecule has 5 heteroatoms. The standard InChI is InChI=1S/C15H24N2O2S/c1-10-8-13(12(3)20-10)11(2)17-14(18)16-9-15(19)6-4-5-7-15/h8,11,19H,4-7,9H2,1-3H3,(H2,16,17,18). The van der Waals surface area contributed by atoms with E-state index in [0.29, 0.717) is 6.54 Å². The van der Waals surface area contributed by atoms with Crippen molar-refractivity contribution < 1.29 is 9.90 Å². The number of thiophene rings is 1. The Morgan fingerprint density at radius 1 is 1.45 bits per heavy atom. The molecule has 1 atom stereocenters. The summed E-state index contributed by atoms with van der Waals surface area (Å²) in [7, 11) is 0. The molecule has 112 valence electrons. The van der Waals surface area contributed by atoms with Crippen molar-refractivity contribution in [2.45, 2.75) is 58.1 Å². The first-order valence-corrected chi connectivity index (χ1v) is 8.05. The van der Waals surface area contributed by atoms with Gasteiger partial charge in [0.25, 0.3) is 0 Å². The third-order valence-electron chi connectivity index (χ3n) is 4.01. The van der Waals surface area contributed by atoms with Crippen LogP contribution in [0.25, 0.3) is 0 Å². The van der Waals surface area contributed by atoms with Crippen LogP contribution >= 0.6 is 11.3 Å². The van der Waals surface area contributed by atoms with E-state index < -0.39 is 5.60 Å². The summed E-state index contributed by atoms with van der Waals surface area (Å²) in [6.07, 6.45) is 3.66. The highest BCUT2D eigenvalue weighted by Crippen LogP contribution is 2.29. The number of amides is 2. The van der Waals surface area contributed by atoms with E-state index in [0.717, 1.165) is 25.7 Å². The number of carbonyl (C=O) groups is 1. The van der Waals surface area contributed by atoms with Gasteiger partial charge < -0.3 is 15.7 Å². The highest BCUT2D eigenvalue weighted by atomic mass is 32.1. The average molecular weight is 296 g/mol. The molecule has 0 bridgehead atoms. The fourth-order valence-electron chi connectivity index (χ4n) is 2.86.